The van der Waals surface area contributed by atoms with Crippen molar-refractivity contribution in [2.75, 3.05) is 11.1 Å². The Morgan fingerprint density at radius 3 is 2.88 bits per heavy atom. The zero-order valence-electron chi connectivity index (χ0n) is 9.27. The molecule has 2 rings (SSSR count). The van der Waals surface area contributed by atoms with Gasteiger partial charge >= 0.3 is 0 Å². The van der Waals surface area contributed by atoms with E-state index < -0.39 is 5.91 Å². The molecule has 0 aliphatic rings. The fourth-order valence-electron chi connectivity index (χ4n) is 1.31. The third-order valence-electron chi connectivity index (χ3n) is 2.20. The Balaban J connectivity index is 2.14. The smallest absolute Gasteiger partial charge is 0.279 e. The molecule has 0 unspecified atom stereocenters. The van der Waals surface area contributed by atoms with E-state index in [-0.39, 0.29) is 11.5 Å². The standard InChI is InChI=1S/C10H12N6O/c1-2-6-5-7(16-15-6)14-10(17)8-9(11)13-4-3-12-8/h3-5H,2H2,1H3,(H2,11,13)(H2,14,15,16,17). The van der Waals surface area contributed by atoms with Gasteiger partial charge in [0, 0.05) is 24.2 Å². The lowest BCUT2D eigenvalue weighted by Crippen LogP contribution is -2.16. The Labute approximate surface area is 97.5 Å². The lowest BCUT2D eigenvalue weighted by molar-refractivity contribution is 0.102. The molecule has 7 heteroatoms. The fraction of sp³-hybridized carbons (Fsp3) is 0.200. The summed E-state index contributed by atoms with van der Waals surface area (Å²) in [5.74, 6) is 0.109. The number of nitrogens with two attached hydrogens (primary N) is 1. The van der Waals surface area contributed by atoms with Crippen molar-refractivity contribution in [1.82, 2.24) is 20.2 Å². The van der Waals surface area contributed by atoms with Crippen molar-refractivity contribution in [3.63, 3.8) is 0 Å². The molecule has 0 atom stereocenters. The first-order chi connectivity index (χ1) is 8.20. The second kappa shape index (κ2) is 4.60. The number of amides is 1. The summed E-state index contributed by atoms with van der Waals surface area (Å²) in [4.78, 5) is 19.4. The highest BCUT2D eigenvalue weighted by atomic mass is 16.2. The van der Waals surface area contributed by atoms with Crippen LogP contribution in [0.4, 0.5) is 11.6 Å². The van der Waals surface area contributed by atoms with Crippen molar-refractivity contribution in [2.45, 2.75) is 13.3 Å². The molecule has 1 amide bonds. The first-order valence-electron chi connectivity index (χ1n) is 5.12. The number of aromatic nitrogens is 4. The van der Waals surface area contributed by atoms with Crippen LogP contribution in [0.2, 0.25) is 0 Å². The minimum absolute atomic E-state index is 0.0912. The number of rotatable bonds is 3. The van der Waals surface area contributed by atoms with E-state index in [4.69, 9.17) is 5.73 Å². The van der Waals surface area contributed by atoms with Gasteiger partial charge in [-0.05, 0) is 6.42 Å². The molecule has 0 saturated carbocycles. The van der Waals surface area contributed by atoms with E-state index in [0.29, 0.717) is 5.82 Å². The van der Waals surface area contributed by atoms with Gasteiger partial charge in [-0.1, -0.05) is 6.92 Å². The highest BCUT2D eigenvalue weighted by molar-refractivity contribution is 6.05. The van der Waals surface area contributed by atoms with Crippen molar-refractivity contribution < 1.29 is 4.79 Å². The van der Waals surface area contributed by atoms with E-state index in [9.17, 15) is 4.79 Å². The summed E-state index contributed by atoms with van der Waals surface area (Å²) >= 11 is 0. The molecule has 0 saturated heterocycles. The Bertz CT molecular complexity index is 535. The first kappa shape index (κ1) is 11.1. The van der Waals surface area contributed by atoms with Crippen LogP contribution in [0, 0.1) is 0 Å². The van der Waals surface area contributed by atoms with Crippen molar-refractivity contribution >= 4 is 17.5 Å². The minimum atomic E-state index is -0.426. The molecular weight excluding hydrogens is 220 g/mol. The highest BCUT2D eigenvalue weighted by Gasteiger charge is 2.13. The number of hydrogen-bond acceptors (Lipinski definition) is 5. The Hall–Kier alpha value is -2.44. The van der Waals surface area contributed by atoms with Gasteiger partial charge in [0.1, 0.15) is 0 Å². The van der Waals surface area contributed by atoms with E-state index >= 15 is 0 Å². The Kier molecular flexibility index (Phi) is 2.99. The molecule has 17 heavy (non-hydrogen) atoms. The Morgan fingerprint density at radius 2 is 2.24 bits per heavy atom. The molecule has 4 N–H and O–H groups in total. The van der Waals surface area contributed by atoms with Gasteiger partial charge in [-0.2, -0.15) is 5.10 Å². The summed E-state index contributed by atoms with van der Waals surface area (Å²) in [5.41, 5.74) is 6.57. The molecule has 88 valence electrons. The van der Waals surface area contributed by atoms with Crippen molar-refractivity contribution in [1.29, 1.82) is 0 Å². The second-order valence-corrected chi connectivity index (χ2v) is 3.38. The summed E-state index contributed by atoms with van der Waals surface area (Å²) in [6, 6.07) is 1.75. The van der Waals surface area contributed by atoms with Gasteiger partial charge in [-0.25, -0.2) is 9.97 Å². The number of aryl methyl sites for hydroxylation is 1. The summed E-state index contributed by atoms with van der Waals surface area (Å²) in [6.45, 7) is 1.99. The average molecular weight is 232 g/mol. The molecule has 0 radical (unpaired) electrons. The molecule has 0 spiro atoms. The van der Waals surface area contributed by atoms with Gasteiger partial charge in [0.05, 0.1) is 0 Å². The van der Waals surface area contributed by atoms with Crippen molar-refractivity contribution in [2.24, 2.45) is 0 Å². The lowest BCUT2D eigenvalue weighted by atomic mass is 10.3. The van der Waals surface area contributed by atoms with E-state index in [2.05, 4.69) is 25.5 Å². The zero-order chi connectivity index (χ0) is 12.3. The van der Waals surface area contributed by atoms with Crippen LogP contribution < -0.4 is 11.1 Å². The quantitative estimate of drug-likeness (QED) is 0.717. The van der Waals surface area contributed by atoms with Crippen LogP contribution >= 0.6 is 0 Å². The molecule has 0 bridgehead atoms. The van der Waals surface area contributed by atoms with Crippen LogP contribution in [0.15, 0.2) is 18.5 Å². The van der Waals surface area contributed by atoms with Gasteiger partial charge in [-0.15, -0.1) is 0 Å². The molecule has 7 nitrogen and oxygen atoms in total. The van der Waals surface area contributed by atoms with Crippen molar-refractivity contribution in [3.8, 4) is 0 Å². The van der Waals surface area contributed by atoms with Gasteiger partial charge < -0.3 is 11.1 Å². The predicted octanol–water partition coefficient (Wildman–Crippen LogP) is 0.597. The molecule has 2 heterocycles. The van der Waals surface area contributed by atoms with E-state index in [1.165, 1.54) is 12.4 Å². The van der Waals surface area contributed by atoms with Crippen LogP contribution in [-0.4, -0.2) is 26.1 Å². The summed E-state index contributed by atoms with van der Waals surface area (Å²) in [5, 5.41) is 9.32. The summed E-state index contributed by atoms with van der Waals surface area (Å²) in [7, 11) is 0. The number of nitrogen functional groups attached to an aromatic ring is 1. The van der Waals surface area contributed by atoms with E-state index in [1.54, 1.807) is 6.07 Å². The maximum absolute atomic E-state index is 11.8. The SMILES string of the molecule is CCc1cc(NC(=O)c2nccnc2N)n[nH]1. The lowest BCUT2D eigenvalue weighted by Gasteiger charge is -2.02. The van der Waals surface area contributed by atoms with Crippen molar-refractivity contribution in [3.05, 3.63) is 29.8 Å². The van der Waals surface area contributed by atoms with Crippen LogP contribution in [0.5, 0.6) is 0 Å². The number of hydrogen-bond donors (Lipinski definition) is 3. The average Bonchev–Trinajstić information content (AvgIpc) is 2.77. The summed E-state index contributed by atoms with van der Waals surface area (Å²) < 4.78 is 0. The maximum Gasteiger partial charge on any atom is 0.279 e. The maximum atomic E-state index is 11.8. The highest BCUT2D eigenvalue weighted by Crippen LogP contribution is 2.09. The third kappa shape index (κ3) is 2.39. The van der Waals surface area contributed by atoms with Crippen LogP contribution in [0.25, 0.3) is 0 Å². The first-order valence-corrected chi connectivity index (χ1v) is 5.12. The van der Waals surface area contributed by atoms with Crippen LogP contribution in [0.3, 0.4) is 0 Å². The van der Waals surface area contributed by atoms with Crippen LogP contribution in [-0.2, 0) is 6.42 Å². The number of H-pyrrole nitrogens is 1. The number of nitrogens with zero attached hydrogens (tertiary/aromatic N) is 3. The largest absolute Gasteiger partial charge is 0.382 e. The monoisotopic (exact) mass is 232 g/mol. The number of anilines is 2. The number of carbonyl (C=O) groups excluding carboxylic acids is 1. The number of carbonyl (C=O) groups is 1. The fourth-order valence-corrected chi connectivity index (χ4v) is 1.31. The van der Waals surface area contributed by atoms with Crippen LogP contribution in [0.1, 0.15) is 23.1 Å². The normalized spacial score (nSPS) is 10.2. The van der Waals surface area contributed by atoms with E-state index in [0.717, 1.165) is 12.1 Å². The van der Waals surface area contributed by atoms with Gasteiger partial charge in [0.25, 0.3) is 5.91 Å². The molecular formula is C10H12N6O. The predicted molar refractivity (Wildman–Crippen MR) is 62.4 cm³/mol. The second-order valence-electron chi connectivity index (χ2n) is 3.38. The molecule has 0 aliphatic carbocycles. The molecule has 2 aromatic rings. The third-order valence-corrected chi connectivity index (χ3v) is 2.20. The zero-order valence-corrected chi connectivity index (χ0v) is 9.27. The summed E-state index contributed by atoms with van der Waals surface area (Å²) in [6.07, 6.45) is 3.65. The van der Waals surface area contributed by atoms with Gasteiger partial charge in [-0.3, -0.25) is 9.89 Å². The number of aromatic amines is 1. The molecule has 0 aliphatic heterocycles. The molecule has 0 fully saturated rings. The van der Waals surface area contributed by atoms with Gasteiger partial charge in [0.15, 0.2) is 17.3 Å². The Morgan fingerprint density at radius 1 is 1.47 bits per heavy atom. The number of nitrogens with one attached hydrogen (secondary N) is 2. The molecule has 2 aromatic heterocycles. The van der Waals surface area contributed by atoms with Gasteiger partial charge in [0.2, 0.25) is 0 Å². The topological polar surface area (TPSA) is 110 Å². The molecule has 0 aromatic carbocycles. The van der Waals surface area contributed by atoms with E-state index in [1.807, 2.05) is 6.92 Å². The minimum Gasteiger partial charge on any atom is -0.382 e.